The van der Waals surface area contributed by atoms with Gasteiger partial charge in [0.05, 0.1) is 44.5 Å². The van der Waals surface area contributed by atoms with Crippen molar-refractivity contribution in [2.45, 2.75) is 0 Å². The zero-order chi connectivity index (χ0) is 41.2. The molecule has 0 aliphatic rings. The maximum atomic E-state index is 6.32. The summed E-state index contributed by atoms with van der Waals surface area (Å²) < 4.78 is 11.1. The Morgan fingerprint density at radius 1 is 0.317 bits per heavy atom. The second-order valence-electron chi connectivity index (χ2n) is 16.6. The van der Waals surface area contributed by atoms with Gasteiger partial charge in [-0.15, -0.1) is 0 Å². The molecule has 0 atom stereocenters. The molecule has 0 spiro atoms. The third-order valence-electron chi connectivity index (χ3n) is 13.1. The van der Waals surface area contributed by atoms with Crippen LogP contribution in [-0.4, -0.2) is 19.1 Å². The molecule has 14 rings (SSSR count). The Labute approximate surface area is 360 Å². The minimum atomic E-state index is 0.819. The van der Waals surface area contributed by atoms with E-state index in [0.29, 0.717) is 0 Å². The van der Waals surface area contributed by atoms with E-state index in [4.69, 9.17) is 14.4 Å². The normalized spacial score (nSPS) is 12.1. The van der Waals surface area contributed by atoms with Crippen LogP contribution in [-0.2, 0) is 0 Å². The second kappa shape index (κ2) is 13.0. The van der Waals surface area contributed by atoms with Gasteiger partial charge in [-0.1, -0.05) is 121 Å². The lowest BCUT2D eigenvalue weighted by Gasteiger charge is -2.13. The van der Waals surface area contributed by atoms with Gasteiger partial charge >= 0.3 is 0 Å². The molecule has 292 valence electrons. The number of aromatic nitrogens is 4. The Hall–Kier alpha value is -8.54. The van der Waals surface area contributed by atoms with Crippen LogP contribution in [0, 0.1) is 0 Å². The number of fused-ring (bicyclic) bond motifs is 13. The maximum Gasteiger partial charge on any atom is 0.136 e. The highest BCUT2D eigenvalue weighted by Gasteiger charge is 2.19. The fourth-order valence-corrected chi connectivity index (χ4v) is 10.2. The summed E-state index contributed by atoms with van der Waals surface area (Å²) >= 11 is 0. The predicted molar refractivity (Wildman–Crippen MR) is 261 cm³/mol. The van der Waals surface area contributed by atoms with Crippen LogP contribution >= 0.6 is 0 Å². The van der Waals surface area contributed by atoms with E-state index in [2.05, 4.69) is 173 Å². The molecule has 63 heavy (non-hydrogen) atoms. The van der Waals surface area contributed by atoms with Gasteiger partial charge < -0.3 is 13.6 Å². The van der Waals surface area contributed by atoms with Crippen molar-refractivity contribution in [3.05, 3.63) is 206 Å². The zero-order valence-electron chi connectivity index (χ0n) is 33.8. The quantitative estimate of drug-likeness (QED) is 0.178. The molecule has 0 radical (unpaired) electrons. The van der Waals surface area contributed by atoms with Crippen molar-refractivity contribution in [2.24, 2.45) is 0 Å². The van der Waals surface area contributed by atoms with E-state index in [1.54, 1.807) is 0 Å². The van der Waals surface area contributed by atoms with Gasteiger partial charge in [-0.25, -0.2) is 9.97 Å². The van der Waals surface area contributed by atoms with E-state index in [0.717, 1.165) is 77.9 Å². The molecule has 10 aromatic carbocycles. The Kier molecular flexibility index (Phi) is 7.05. The van der Waals surface area contributed by atoms with Gasteiger partial charge in [0.2, 0.25) is 0 Å². The number of hydrogen-bond acceptors (Lipinski definition) is 3. The predicted octanol–water partition coefficient (Wildman–Crippen LogP) is 15.4. The third-order valence-corrected chi connectivity index (χ3v) is 13.1. The lowest BCUT2D eigenvalue weighted by atomic mass is 10.0. The molecule has 0 N–H and O–H groups in total. The summed E-state index contributed by atoms with van der Waals surface area (Å²) in [5.74, 6) is 0. The standard InChI is InChI=1S/C58H34N4O/c1-2-12-42-35(11-1)25-30-52-56(42)46-15-4-9-19-51(46)62(52)41-28-23-37-32-47-43-13-3-8-18-50(43)61(53(47)33-39(37)31-41)40-26-21-36(22-27-40)57-58(60-49-17-7-6-16-48(49)59-57)38-24-29-45-44-14-5-10-20-54(44)63-55(45)34-38/h1-34H. The summed E-state index contributed by atoms with van der Waals surface area (Å²) in [6, 6.07) is 73.8. The number of hydrogen-bond donors (Lipinski definition) is 0. The monoisotopic (exact) mass is 802 g/mol. The topological polar surface area (TPSA) is 48.8 Å². The summed E-state index contributed by atoms with van der Waals surface area (Å²) in [5, 5.41) is 12.1. The van der Waals surface area contributed by atoms with Crippen molar-refractivity contribution in [1.29, 1.82) is 0 Å². The molecule has 0 fully saturated rings. The molecule has 4 aromatic heterocycles. The average Bonchev–Trinajstić information content (AvgIpc) is 4.00. The SMILES string of the molecule is c1ccc2c(c1)ccc1c2c2ccccc2n1-c1ccc2cc3c4ccccc4n(-c4ccc(-c5nc6ccccc6nc5-c5ccc6c(c5)oc5ccccc56)cc4)c3cc2c1. The Morgan fingerprint density at radius 2 is 0.921 bits per heavy atom. The van der Waals surface area contributed by atoms with Crippen LogP contribution in [0.3, 0.4) is 0 Å². The molecule has 0 unspecified atom stereocenters. The summed E-state index contributed by atoms with van der Waals surface area (Å²) in [7, 11) is 0. The summed E-state index contributed by atoms with van der Waals surface area (Å²) in [6.45, 7) is 0. The highest BCUT2D eigenvalue weighted by molar-refractivity contribution is 6.21. The summed E-state index contributed by atoms with van der Waals surface area (Å²) in [5.41, 5.74) is 14.0. The molecule has 0 amide bonds. The van der Waals surface area contributed by atoms with Crippen LogP contribution in [0.4, 0.5) is 0 Å². The van der Waals surface area contributed by atoms with Crippen molar-refractivity contribution in [3.8, 4) is 33.9 Å². The van der Waals surface area contributed by atoms with E-state index in [1.807, 2.05) is 42.5 Å². The molecule has 0 bridgehead atoms. The van der Waals surface area contributed by atoms with Gasteiger partial charge in [-0.3, -0.25) is 0 Å². The zero-order valence-corrected chi connectivity index (χ0v) is 33.8. The molecule has 5 heteroatoms. The van der Waals surface area contributed by atoms with Crippen LogP contribution < -0.4 is 0 Å². The van der Waals surface area contributed by atoms with Crippen molar-refractivity contribution in [3.63, 3.8) is 0 Å². The van der Waals surface area contributed by atoms with Gasteiger partial charge in [0.25, 0.3) is 0 Å². The lowest BCUT2D eigenvalue weighted by Crippen LogP contribution is -1.97. The number of furan rings is 1. The molecular weight excluding hydrogens is 769 g/mol. The summed E-state index contributed by atoms with van der Waals surface area (Å²) in [4.78, 5) is 10.5. The Balaban J connectivity index is 0.928. The van der Waals surface area contributed by atoms with E-state index in [9.17, 15) is 0 Å². The fourth-order valence-electron chi connectivity index (χ4n) is 10.2. The lowest BCUT2D eigenvalue weighted by molar-refractivity contribution is 0.669. The van der Waals surface area contributed by atoms with Gasteiger partial charge in [-0.2, -0.15) is 0 Å². The van der Waals surface area contributed by atoms with Crippen molar-refractivity contribution in [1.82, 2.24) is 19.1 Å². The molecule has 14 aromatic rings. The smallest absolute Gasteiger partial charge is 0.136 e. The first kappa shape index (κ1) is 34.2. The van der Waals surface area contributed by atoms with E-state index < -0.39 is 0 Å². The number of para-hydroxylation sites is 5. The highest BCUT2D eigenvalue weighted by atomic mass is 16.3. The van der Waals surface area contributed by atoms with E-state index >= 15 is 0 Å². The minimum absolute atomic E-state index is 0.819. The largest absolute Gasteiger partial charge is 0.456 e. The van der Waals surface area contributed by atoms with Crippen molar-refractivity contribution in [2.75, 3.05) is 0 Å². The molecule has 0 aliphatic carbocycles. The van der Waals surface area contributed by atoms with Crippen molar-refractivity contribution < 1.29 is 4.42 Å². The van der Waals surface area contributed by atoms with Gasteiger partial charge in [0.15, 0.2) is 0 Å². The second-order valence-corrected chi connectivity index (χ2v) is 16.6. The molecule has 4 heterocycles. The van der Waals surface area contributed by atoms with Crippen LogP contribution in [0.25, 0.3) is 132 Å². The number of benzene rings is 10. The average molecular weight is 803 g/mol. The van der Waals surface area contributed by atoms with Crippen LogP contribution in [0.15, 0.2) is 211 Å². The molecular formula is C58H34N4O. The van der Waals surface area contributed by atoms with Gasteiger partial charge in [0, 0.05) is 54.8 Å². The number of nitrogens with zero attached hydrogens (tertiary/aromatic N) is 4. The first-order valence-electron chi connectivity index (χ1n) is 21.4. The Bertz CT molecular complexity index is 4210. The van der Waals surface area contributed by atoms with Crippen LogP contribution in [0.2, 0.25) is 0 Å². The molecule has 0 saturated heterocycles. The molecule has 5 nitrogen and oxygen atoms in total. The first-order chi connectivity index (χ1) is 31.2. The minimum Gasteiger partial charge on any atom is -0.456 e. The van der Waals surface area contributed by atoms with E-state index in [-0.39, 0.29) is 0 Å². The fraction of sp³-hybridized carbons (Fsp3) is 0. The third kappa shape index (κ3) is 5.05. The van der Waals surface area contributed by atoms with E-state index in [1.165, 1.54) is 54.1 Å². The molecule has 0 saturated carbocycles. The van der Waals surface area contributed by atoms with Gasteiger partial charge in [-0.05, 0) is 106 Å². The van der Waals surface area contributed by atoms with Gasteiger partial charge in [0.1, 0.15) is 11.2 Å². The van der Waals surface area contributed by atoms with Crippen molar-refractivity contribution >= 4 is 98.1 Å². The van der Waals surface area contributed by atoms with Crippen LogP contribution in [0.5, 0.6) is 0 Å². The first-order valence-corrected chi connectivity index (χ1v) is 21.4. The highest BCUT2D eigenvalue weighted by Crippen LogP contribution is 2.41. The number of rotatable bonds is 4. The van der Waals surface area contributed by atoms with Crippen LogP contribution in [0.1, 0.15) is 0 Å². The summed E-state index contributed by atoms with van der Waals surface area (Å²) in [6.07, 6.45) is 0. The molecule has 0 aliphatic heterocycles. The maximum absolute atomic E-state index is 6.32. The Morgan fingerprint density at radius 3 is 1.75 bits per heavy atom.